The molecule has 1 aliphatic rings. The fraction of sp³-hybridized carbons (Fsp3) is 0.571. The molecule has 0 radical (unpaired) electrons. The van der Waals surface area contributed by atoms with Gasteiger partial charge in [-0.05, 0) is 45.4 Å². The molecular weight excluding hydrogens is 214 g/mol. The van der Waals surface area contributed by atoms with Crippen LogP contribution in [0.15, 0.2) is 18.2 Å². The van der Waals surface area contributed by atoms with Gasteiger partial charge in [0, 0.05) is 6.04 Å². The van der Waals surface area contributed by atoms with Crippen molar-refractivity contribution in [3.8, 4) is 11.5 Å². The first-order chi connectivity index (χ1) is 8.22. The molecule has 1 aromatic rings. The Labute approximate surface area is 103 Å². The first-order valence-corrected chi connectivity index (χ1v) is 6.29. The van der Waals surface area contributed by atoms with Crippen LogP contribution in [0.5, 0.6) is 11.5 Å². The lowest BCUT2D eigenvalue weighted by atomic mass is 10.0. The van der Waals surface area contributed by atoms with Gasteiger partial charge < -0.3 is 14.8 Å². The van der Waals surface area contributed by atoms with Crippen molar-refractivity contribution in [3.05, 3.63) is 23.8 Å². The molecule has 1 heterocycles. The second-order valence-corrected chi connectivity index (χ2v) is 4.69. The maximum absolute atomic E-state index is 5.88. The largest absolute Gasteiger partial charge is 0.496 e. The molecule has 3 nitrogen and oxygen atoms in total. The highest BCUT2D eigenvalue weighted by atomic mass is 16.5. The van der Waals surface area contributed by atoms with Crippen LogP contribution < -0.4 is 14.8 Å². The summed E-state index contributed by atoms with van der Waals surface area (Å²) >= 11 is 0. The molecule has 1 atom stereocenters. The van der Waals surface area contributed by atoms with Gasteiger partial charge in [0.15, 0.2) is 0 Å². The van der Waals surface area contributed by atoms with Crippen LogP contribution in [0.2, 0.25) is 0 Å². The third-order valence-electron chi connectivity index (χ3n) is 3.02. The van der Waals surface area contributed by atoms with Gasteiger partial charge in [-0.3, -0.25) is 0 Å². The molecule has 1 unspecified atom stereocenters. The van der Waals surface area contributed by atoms with Crippen molar-refractivity contribution in [1.82, 2.24) is 5.32 Å². The van der Waals surface area contributed by atoms with Gasteiger partial charge >= 0.3 is 0 Å². The Bertz CT molecular complexity index is 370. The smallest absolute Gasteiger partial charge is 0.128 e. The quantitative estimate of drug-likeness (QED) is 0.870. The molecule has 0 aliphatic carbocycles. The van der Waals surface area contributed by atoms with E-state index in [-0.39, 0.29) is 6.10 Å². The lowest BCUT2D eigenvalue weighted by Gasteiger charge is -2.21. The van der Waals surface area contributed by atoms with Gasteiger partial charge in [0.25, 0.3) is 0 Å². The second kappa shape index (κ2) is 5.41. The van der Waals surface area contributed by atoms with E-state index in [1.54, 1.807) is 7.11 Å². The Balaban J connectivity index is 2.35. The summed E-state index contributed by atoms with van der Waals surface area (Å²) in [6, 6.07) is 6.37. The van der Waals surface area contributed by atoms with Crippen LogP contribution in [-0.4, -0.2) is 19.8 Å². The third kappa shape index (κ3) is 2.72. The van der Waals surface area contributed by atoms with E-state index in [4.69, 9.17) is 9.47 Å². The molecule has 1 N–H and O–H groups in total. The van der Waals surface area contributed by atoms with Crippen molar-refractivity contribution in [2.75, 3.05) is 13.7 Å². The molecule has 1 aliphatic heterocycles. The Kier molecular flexibility index (Phi) is 3.89. The minimum Gasteiger partial charge on any atom is -0.496 e. The molecule has 0 spiro atoms. The van der Waals surface area contributed by atoms with Gasteiger partial charge in [-0.1, -0.05) is 6.07 Å². The summed E-state index contributed by atoms with van der Waals surface area (Å²) in [6.45, 7) is 5.17. The molecule has 1 saturated heterocycles. The van der Waals surface area contributed by atoms with Crippen molar-refractivity contribution in [2.24, 2.45) is 0 Å². The van der Waals surface area contributed by atoms with E-state index in [2.05, 4.69) is 5.32 Å². The highest BCUT2D eigenvalue weighted by Crippen LogP contribution is 2.38. The predicted octanol–water partition coefficient (Wildman–Crippen LogP) is 2.91. The lowest BCUT2D eigenvalue weighted by molar-refractivity contribution is 0.236. The number of hydrogen-bond donors (Lipinski definition) is 1. The maximum atomic E-state index is 5.88. The summed E-state index contributed by atoms with van der Waals surface area (Å²) in [5, 5.41) is 3.50. The van der Waals surface area contributed by atoms with Gasteiger partial charge in [0.2, 0.25) is 0 Å². The average molecular weight is 235 g/mol. The summed E-state index contributed by atoms with van der Waals surface area (Å²) in [4.78, 5) is 0. The Morgan fingerprint density at radius 2 is 2.06 bits per heavy atom. The molecule has 94 valence electrons. The van der Waals surface area contributed by atoms with Crippen molar-refractivity contribution in [2.45, 2.75) is 38.8 Å². The monoisotopic (exact) mass is 235 g/mol. The second-order valence-electron chi connectivity index (χ2n) is 4.69. The van der Waals surface area contributed by atoms with Crippen molar-refractivity contribution in [3.63, 3.8) is 0 Å². The maximum Gasteiger partial charge on any atom is 0.128 e. The zero-order valence-corrected chi connectivity index (χ0v) is 10.8. The zero-order chi connectivity index (χ0) is 12.3. The standard InChI is InChI=1S/C14H21NO2/c1-10(2)17-13-8-4-7-12(16-3)14(13)11-6-5-9-15-11/h4,7-8,10-11,15H,5-6,9H2,1-3H3. The zero-order valence-electron chi connectivity index (χ0n) is 10.8. The molecule has 0 amide bonds. The molecule has 3 heteroatoms. The summed E-state index contributed by atoms with van der Waals surface area (Å²) in [5.41, 5.74) is 1.17. The molecule has 0 saturated carbocycles. The molecule has 1 aromatic carbocycles. The van der Waals surface area contributed by atoms with Crippen LogP contribution in [0.3, 0.4) is 0 Å². The highest BCUT2D eigenvalue weighted by molar-refractivity contribution is 5.47. The van der Waals surface area contributed by atoms with Gasteiger partial charge in [-0.25, -0.2) is 0 Å². The van der Waals surface area contributed by atoms with Crippen molar-refractivity contribution in [1.29, 1.82) is 0 Å². The number of hydrogen-bond acceptors (Lipinski definition) is 3. The van der Waals surface area contributed by atoms with E-state index < -0.39 is 0 Å². The van der Waals surface area contributed by atoms with Crippen LogP contribution in [0.25, 0.3) is 0 Å². The minimum absolute atomic E-state index is 0.183. The van der Waals surface area contributed by atoms with E-state index >= 15 is 0 Å². The molecule has 2 rings (SSSR count). The van der Waals surface area contributed by atoms with Crippen LogP contribution in [0.4, 0.5) is 0 Å². The first-order valence-electron chi connectivity index (χ1n) is 6.29. The molecular formula is C14H21NO2. The van der Waals surface area contributed by atoms with Crippen LogP contribution in [0, 0.1) is 0 Å². The number of rotatable bonds is 4. The first kappa shape index (κ1) is 12.2. The van der Waals surface area contributed by atoms with E-state index in [9.17, 15) is 0 Å². The topological polar surface area (TPSA) is 30.5 Å². The van der Waals surface area contributed by atoms with Crippen LogP contribution in [0.1, 0.15) is 38.3 Å². The third-order valence-corrected chi connectivity index (χ3v) is 3.02. The SMILES string of the molecule is COc1cccc(OC(C)C)c1C1CCCN1. The van der Waals surface area contributed by atoms with E-state index in [1.807, 2.05) is 32.0 Å². The highest BCUT2D eigenvalue weighted by Gasteiger charge is 2.24. The number of ether oxygens (including phenoxy) is 2. The van der Waals surface area contributed by atoms with Gasteiger partial charge in [-0.15, -0.1) is 0 Å². The summed E-state index contributed by atoms with van der Waals surface area (Å²) in [6.07, 6.45) is 2.54. The van der Waals surface area contributed by atoms with Crippen molar-refractivity contribution < 1.29 is 9.47 Å². The Hall–Kier alpha value is -1.22. The number of methoxy groups -OCH3 is 1. The van der Waals surface area contributed by atoms with E-state index in [0.29, 0.717) is 6.04 Å². The van der Waals surface area contributed by atoms with Gasteiger partial charge in [-0.2, -0.15) is 0 Å². The minimum atomic E-state index is 0.183. The average Bonchev–Trinajstić information content (AvgIpc) is 2.81. The van der Waals surface area contributed by atoms with E-state index in [1.165, 1.54) is 12.0 Å². The number of nitrogens with one attached hydrogen (secondary N) is 1. The Morgan fingerprint density at radius 3 is 2.65 bits per heavy atom. The summed E-state index contributed by atoms with van der Waals surface area (Å²) in [5.74, 6) is 1.86. The molecule has 17 heavy (non-hydrogen) atoms. The predicted molar refractivity (Wildman–Crippen MR) is 68.7 cm³/mol. The fourth-order valence-corrected chi connectivity index (χ4v) is 2.33. The van der Waals surface area contributed by atoms with Crippen molar-refractivity contribution >= 4 is 0 Å². The molecule has 1 fully saturated rings. The number of benzene rings is 1. The molecule has 0 bridgehead atoms. The lowest BCUT2D eigenvalue weighted by Crippen LogP contribution is -2.16. The summed E-state index contributed by atoms with van der Waals surface area (Å²) < 4.78 is 11.3. The fourth-order valence-electron chi connectivity index (χ4n) is 2.33. The van der Waals surface area contributed by atoms with Crippen LogP contribution >= 0.6 is 0 Å². The summed E-state index contributed by atoms with van der Waals surface area (Å²) in [7, 11) is 1.72. The molecule has 0 aromatic heterocycles. The van der Waals surface area contributed by atoms with E-state index in [0.717, 1.165) is 24.5 Å². The van der Waals surface area contributed by atoms with Gasteiger partial charge in [0.1, 0.15) is 11.5 Å². The van der Waals surface area contributed by atoms with Gasteiger partial charge in [0.05, 0.1) is 18.8 Å². The van der Waals surface area contributed by atoms with Crippen LogP contribution in [-0.2, 0) is 0 Å². The normalized spacial score (nSPS) is 19.6. The Morgan fingerprint density at radius 1 is 1.29 bits per heavy atom.